The molecule has 0 bridgehead atoms. The minimum atomic E-state index is 0. The Hall–Kier alpha value is -3.14. The van der Waals surface area contributed by atoms with Gasteiger partial charge in [-0.3, -0.25) is 0 Å². The summed E-state index contributed by atoms with van der Waals surface area (Å²) in [5.74, 6) is 19.4. The molecule has 1 heteroatoms. The van der Waals surface area contributed by atoms with Crippen LogP contribution in [0.4, 0.5) is 0 Å². The van der Waals surface area contributed by atoms with Crippen molar-refractivity contribution in [2.75, 3.05) is 0 Å². The van der Waals surface area contributed by atoms with Gasteiger partial charge in [-0.15, -0.1) is 0 Å². The molecule has 0 atom stereocenters. The Morgan fingerprint density at radius 2 is 0.481 bits per heavy atom. The summed E-state index contributed by atoms with van der Waals surface area (Å²) in [6.45, 7) is 0. The molecule has 27 heavy (non-hydrogen) atoms. The third kappa shape index (κ3) is 4.94. The molecule has 0 N–H and O–H groups in total. The smallest absolute Gasteiger partial charge is 0.358 e. The maximum absolute atomic E-state index is 3.24. The van der Waals surface area contributed by atoms with E-state index in [4.69, 9.17) is 0 Å². The predicted octanol–water partition coefficient (Wildman–Crippen LogP) is 5.10. The van der Waals surface area contributed by atoms with Gasteiger partial charge in [0.25, 0.3) is 0 Å². The van der Waals surface area contributed by atoms with Gasteiger partial charge in [-0.2, -0.15) is 0 Å². The van der Waals surface area contributed by atoms with Gasteiger partial charge in [0.1, 0.15) is 0 Å². The van der Waals surface area contributed by atoms with Gasteiger partial charge in [0.2, 0.25) is 0 Å². The fraction of sp³-hybridized carbons (Fsp3) is 0. The van der Waals surface area contributed by atoms with E-state index in [0.717, 1.165) is 33.4 Å². The third-order valence-corrected chi connectivity index (χ3v) is 3.78. The number of benzene rings is 3. The van der Waals surface area contributed by atoms with Crippen molar-refractivity contribution in [3.8, 4) is 35.5 Å². The second-order valence-electron chi connectivity index (χ2n) is 5.39. The fourth-order valence-corrected chi connectivity index (χ4v) is 2.51. The number of rotatable bonds is 0. The summed E-state index contributed by atoms with van der Waals surface area (Å²) in [5, 5.41) is 0. The van der Waals surface area contributed by atoms with Crippen molar-refractivity contribution in [2.24, 2.45) is 0 Å². The van der Waals surface area contributed by atoms with Gasteiger partial charge in [-0.1, -0.05) is 71.9 Å². The molecule has 0 fully saturated rings. The van der Waals surface area contributed by atoms with E-state index in [9.17, 15) is 0 Å². The van der Waals surface area contributed by atoms with Gasteiger partial charge >= 0.3 is 17.1 Å². The second kappa shape index (κ2) is 10.1. The summed E-state index contributed by atoms with van der Waals surface area (Å²) < 4.78 is 0. The molecule has 0 radical (unpaired) electrons. The quantitative estimate of drug-likeness (QED) is 0.225. The molecular formula is C26H18Mn+. The van der Waals surface area contributed by atoms with Crippen molar-refractivity contribution in [2.45, 2.75) is 0 Å². The van der Waals surface area contributed by atoms with Crippen LogP contribution in [0.15, 0.2) is 72.8 Å². The molecule has 0 aromatic heterocycles. The van der Waals surface area contributed by atoms with Gasteiger partial charge in [0, 0.05) is 33.4 Å². The Labute approximate surface area is 173 Å². The Morgan fingerprint density at radius 1 is 0.333 bits per heavy atom. The van der Waals surface area contributed by atoms with Crippen LogP contribution in [0.25, 0.3) is 0 Å². The minimum Gasteiger partial charge on any atom is -0.358 e. The first kappa shape index (κ1) is 21.9. The summed E-state index contributed by atoms with van der Waals surface area (Å²) in [6, 6.07) is 23.9. The van der Waals surface area contributed by atoms with Crippen molar-refractivity contribution < 1.29 is 17.1 Å². The standard InChI is InChI=1S/C24H12.2CH3.Mn/c1-2-8-20-15-16-22-10-5-6-12-24(22)18-17-23-11-4-3-9-21(23)14-13-19(20)7-1;;;/h1-12H;2*1H3;/q;2*-1;+3. The number of hydrogen-bond donors (Lipinski definition) is 0. The van der Waals surface area contributed by atoms with Gasteiger partial charge in [0.15, 0.2) is 0 Å². The molecule has 0 amide bonds. The molecule has 0 heterocycles. The number of hydrogen-bond acceptors (Lipinski definition) is 0. The normalized spacial score (nSPS) is 9.33. The van der Waals surface area contributed by atoms with Crippen LogP contribution >= 0.6 is 0 Å². The fourth-order valence-electron chi connectivity index (χ4n) is 2.51. The summed E-state index contributed by atoms with van der Waals surface area (Å²) in [4.78, 5) is 0. The second-order valence-corrected chi connectivity index (χ2v) is 5.39. The zero-order chi connectivity index (χ0) is 16.2. The van der Waals surface area contributed by atoms with E-state index >= 15 is 0 Å². The van der Waals surface area contributed by atoms with E-state index < -0.39 is 0 Å². The molecule has 0 nitrogen and oxygen atoms in total. The van der Waals surface area contributed by atoms with E-state index in [1.165, 1.54) is 0 Å². The van der Waals surface area contributed by atoms with Crippen LogP contribution in [0, 0.1) is 50.4 Å². The van der Waals surface area contributed by atoms with E-state index in [1.807, 2.05) is 72.8 Å². The molecule has 128 valence electrons. The molecule has 0 spiro atoms. The average molecular weight is 385 g/mol. The Balaban J connectivity index is 0.00000121. The third-order valence-electron chi connectivity index (χ3n) is 3.78. The summed E-state index contributed by atoms with van der Waals surface area (Å²) >= 11 is 0. The van der Waals surface area contributed by atoms with Gasteiger partial charge in [-0.25, -0.2) is 0 Å². The van der Waals surface area contributed by atoms with Crippen molar-refractivity contribution in [3.05, 3.63) is 121 Å². The van der Waals surface area contributed by atoms with Crippen molar-refractivity contribution in [1.82, 2.24) is 0 Å². The molecule has 1 aliphatic carbocycles. The zero-order valence-corrected chi connectivity index (χ0v) is 16.5. The van der Waals surface area contributed by atoms with E-state index in [-0.39, 0.29) is 31.9 Å². The Morgan fingerprint density at radius 3 is 0.630 bits per heavy atom. The van der Waals surface area contributed by atoms with E-state index in [0.29, 0.717) is 0 Å². The van der Waals surface area contributed by atoms with Crippen molar-refractivity contribution in [3.63, 3.8) is 0 Å². The first-order valence-electron chi connectivity index (χ1n) is 7.73. The minimum absolute atomic E-state index is 0. The molecule has 0 saturated carbocycles. The molecule has 3 aromatic rings. The van der Waals surface area contributed by atoms with Crippen molar-refractivity contribution >= 4 is 0 Å². The SMILES string of the molecule is C1#Cc2ccccc2C#Cc2ccccc2C#Cc2ccccc21.[CH3-].[CH3-].[Mn+3]. The van der Waals surface area contributed by atoms with Crippen LogP contribution in [0.2, 0.25) is 0 Å². The monoisotopic (exact) mass is 385 g/mol. The van der Waals surface area contributed by atoms with Crippen LogP contribution in [0.1, 0.15) is 33.4 Å². The largest absolute Gasteiger partial charge is 3.00 e. The predicted molar refractivity (Wildman–Crippen MR) is 110 cm³/mol. The van der Waals surface area contributed by atoms with Crippen LogP contribution in [-0.2, 0) is 17.1 Å². The van der Waals surface area contributed by atoms with Crippen LogP contribution < -0.4 is 0 Å². The topological polar surface area (TPSA) is 0 Å². The van der Waals surface area contributed by atoms with Crippen molar-refractivity contribution in [1.29, 1.82) is 0 Å². The molecule has 0 unspecified atom stereocenters. The van der Waals surface area contributed by atoms with Gasteiger partial charge in [-0.05, 0) is 36.4 Å². The molecule has 0 saturated heterocycles. The van der Waals surface area contributed by atoms with Crippen LogP contribution in [0.5, 0.6) is 0 Å². The molecule has 1 aliphatic rings. The van der Waals surface area contributed by atoms with Crippen LogP contribution in [0.3, 0.4) is 0 Å². The maximum atomic E-state index is 3.24. The van der Waals surface area contributed by atoms with Gasteiger partial charge < -0.3 is 14.9 Å². The van der Waals surface area contributed by atoms with E-state index in [1.54, 1.807) is 0 Å². The molecule has 3 aromatic carbocycles. The summed E-state index contributed by atoms with van der Waals surface area (Å²) in [5.41, 5.74) is 5.62. The van der Waals surface area contributed by atoms with E-state index in [2.05, 4.69) is 35.5 Å². The Kier molecular flexibility index (Phi) is 8.21. The van der Waals surface area contributed by atoms with Crippen LogP contribution in [-0.4, -0.2) is 0 Å². The first-order chi connectivity index (χ1) is 11.9. The first-order valence-corrected chi connectivity index (χ1v) is 7.73. The molecule has 0 aliphatic heterocycles. The van der Waals surface area contributed by atoms with Gasteiger partial charge in [0.05, 0.1) is 0 Å². The summed E-state index contributed by atoms with van der Waals surface area (Å²) in [7, 11) is 0. The maximum Gasteiger partial charge on any atom is 3.00 e. The zero-order valence-electron chi connectivity index (χ0n) is 15.3. The average Bonchev–Trinajstić information content (AvgIpc) is 2.64. The Bertz CT molecular complexity index is 892. The molecular weight excluding hydrogens is 367 g/mol. The molecule has 4 rings (SSSR count). The number of fused-ring (bicyclic) bond motifs is 3. The summed E-state index contributed by atoms with van der Waals surface area (Å²) in [6.07, 6.45) is 0.